The molecular formula is C21H15Cl2F3N2O2. The fourth-order valence-electron chi connectivity index (χ4n) is 2.95. The van der Waals surface area contributed by atoms with Crippen molar-refractivity contribution in [2.75, 3.05) is 5.32 Å². The lowest BCUT2D eigenvalue weighted by atomic mass is 10.0. The summed E-state index contributed by atoms with van der Waals surface area (Å²) < 4.78 is 41.0. The summed E-state index contributed by atoms with van der Waals surface area (Å²) in [5.41, 5.74) is 0.0722. The molecule has 0 bridgehead atoms. The van der Waals surface area contributed by atoms with Crippen LogP contribution >= 0.6 is 23.2 Å². The fraction of sp³-hybridized carbons (Fsp3) is 0.143. The minimum absolute atomic E-state index is 0.0368. The van der Waals surface area contributed by atoms with Gasteiger partial charge in [0.05, 0.1) is 5.57 Å². The molecule has 2 N–H and O–H groups in total. The fourth-order valence-corrected chi connectivity index (χ4v) is 3.48. The Kier molecular flexibility index (Phi) is 6.53. The van der Waals surface area contributed by atoms with Crippen molar-refractivity contribution in [1.82, 2.24) is 0 Å². The molecule has 1 aliphatic rings. The molecule has 2 aromatic carbocycles. The molecule has 4 nitrogen and oxygen atoms in total. The molecule has 0 heterocycles. The predicted molar refractivity (Wildman–Crippen MR) is 111 cm³/mol. The Bertz CT molecular complexity index is 1040. The van der Waals surface area contributed by atoms with E-state index in [-0.39, 0.29) is 32.7 Å². The number of hydrogen-bond acceptors (Lipinski definition) is 4. The minimum atomic E-state index is -4.74. The first-order chi connectivity index (χ1) is 14.2. The van der Waals surface area contributed by atoms with Crippen LogP contribution in [0.2, 0.25) is 10.0 Å². The summed E-state index contributed by atoms with van der Waals surface area (Å²) in [6.07, 6.45) is -1.46. The van der Waals surface area contributed by atoms with Crippen LogP contribution in [0.5, 0.6) is 0 Å². The number of carbonyl (C=O) groups is 1. The largest absolute Gasteiger partial charge is 0.417 e. The number of benzene rings is 2. The zero-order chi connectivity index (χ0) is 21.9. The molecule has 2 aromatic rings. The topological polar surface area (TPSA) is 61.7 Å². The van der Waals surface area contributed by atoms with Crippen molar-refractivity contribution >= 4 is 46.0 Å². The van der Waals surface area contributed by atoms with Crippen LogP contribution in [0.25, 0.3) is 5.57 Å². The van der Waals surface area contributed by atoms with E-state index in [4.69, 9.17) is 23.2 Å². The summed E-state index contributed by atoms with van der Waals surface area (Å²) in [4.78, 5) is 11.3. The number of nitrogens with zero attached hydrogens (tertiary/aromatic N) is 1. The van der Waals surface area contributed by atoms with Crippen molar-refractivity contribution in [1.29, 1.82) is 0 Å². The van der Waals surface area contributed by atoms with E-state index in [0.717, 1.165) is 23.9 Å². The molecule has 1 aliphatic carbocycles. The molecular weight excluding hydrogens is 440 g/mol. The van der Waals surface area contributed by atoms with Crippen LogP contribution in [-0.2, 0) is 4.79 Å². The van der Waals surface area contributed by atoms with Crippen molar-refractivity contribution in [3.8, 4) is 0 Å². The zero-order valence-electron chi connectivity index (χ0n) is 15.3. The van der Waals surface area contributed by atoms with Crippen molar-refractivity contribution in [3.05, 3.63) is 81.5 Å². The quantitative estimate of drug-likeness (QED) is 0.308. The average molecular weight is 455 g/mol. The highest BCUT2D eigenvalue weighted by Crippen LogP contribution is 2.36. The molecule has 30 heavy (non-hydrogen) atoms. The van der Waals surface area contributed by atoms with Gasteiger partial charge >= 0.3 is 6.18 Å². The Morgan fingerprint density at radius 2 is 1.67 bits per heavy atom. The van der Waals surface area contributed by atoms with Crippen LogP contribution in [0.3, 0.4) is 0 Å². The second-order valence-corrected chi connectivity index (χ2v) is 7.41. The van der Waals surface area contributed by atoms with Crippen molar-refractivity contribution < 1.29 is 23.2 Å². The summed E-state index contributed by atoms with van der Waals surface area (Å²) in [6.45, 7) is 0. The molecule has 0 radical (unpaired) electrons. The van der Waals surface area contributed by atoms with Gasteiger partial charge in [-0.3, -0.25) is 4.79 Å². The highest BCUT2D eigenvalue weighted by Gasteiger charge is 2.35. The highest BCUT2D eigenvalue weighted by atomic mass is 35.5. The number of alkyl halides is 3. The molecule has 3 rings (SSSR count). The third-order valence-corrected chi connectivity index (χ3v) is 4.77. The minimum Gasteiger partial charge on any atom is -0.410 e. The van der Waals surface area contributed by atoms with Gasteiger partial charge in [-0.1, -0.05) is 40.5 Å². The number of oxime groups is 1. The molecule has 9 heteroatoms. The standard InChI is InChI=1S/C21H15Cl2F3N2O2/c22-14-7-13(8-15(23)9-14)19(21(24,25)26)11-20(28-30)12-1-3-16(4-2-12)27-17-5-6-18(29)10-17/h1-4,7-11,27,30H,5-6H2/b19-11-,28-20-. The Hall–Kier alpha value is -2.77. The Morgan fingerprint density at radius 3 is 2.17 bits per heavy atom. The average Bonchev–Trinajstić information content (AvgIpc) is 3.06. The van der Waals surface area contributed by atoms with Gasteiger partial charge in [-0.2, -0.15) is 13.2 Å². The van der Waals surface area contributed by atoms with Crippen LogP contribution in [0.15, 0.2) is 65.5 Å². The number of anilines is 1. The molecule has 0 aliphatic heterocycles. The maximum absolute atomic E-state index is 13.7. The smallest absolute Gasteiger partial charge is 0.410 e. The van der Waals surface area contributed by atoms with Gasteiger partial charge in [-0.25, -0.2) is 0 Å². The molecule has 0 atom stereocenters. The first-order valence-electron chi connectivity index (χ1n) is 8.74. The van der Waals surface area contributed by atoms with Crippen LogP contribution < -0.4 is 5.32 Å². The molecule has 0 aromatic heterocycles. The number of hydrogen-bond donors (Lipinski definition) is 2. The second kappa shape index (κ2) is 8.93. The van der Waals surface area contributed by atoms with Gasteiger partial charge in [-0.15, -0.1) is 0 Å². The van der Waals surface area contributed by atoms with Crippen molar-refractivity contribution in [2.45, 2.75) is 19.0 Å². The molecule has 0 saturated carbocycles. The summed E-state index contributed by atoms with van der Waals surface area (Å²) in [5.74, 6) is 0.0368. The Labute approximate surface area is 180 Å². The molecule has 156 valence electrons. The number of ketones is 1. The second-order valence-electron chi connectivity index (χ2n) is 6.54. The lowest BCUT2D eigenvalue weighted by Crippen LogP contribution is -2.13. The summed E-state index contributed by atoms with van der Waals surface area (Å²) in [6, 6.07) is 9.81. The maximum Gasteiger partial charge on any atom is 0.417 e. The van der Waals surface area contributed by atoms with Crippen LogP contribution in [0, 0.1) is 0 Å². The van der Waals surface area contributed by atoms with Gasteiger partial charge in [0.1, 0.15) is 5.71 Å². The maximum atomic E-state index is 13.7. The van der Waals surface area contributed by atoms with Gasteiger partial charge in [0.25, 0.3) is 0 Å². The predicted octanol–water partition coefficient (Wildman–Crippen LogP) is 6.48. The van der Waals surface area contributed by atoms with Gasteiger partial charge in [0, 0.05) is 39.5 Å². The number of halogens is 5. The SMILES string of the molecule is O=C1C=C(Nc2ccc(C(/C=C(/c3cc(Cl)cc(Cl)c3)C(F)(F)F)=N\O)cc2)CC1. The third-order valence-electron chi connectivity index (χ3n) is 4.33. The summed E-state index contributed by atoms with van der Waals surface area (Å²) in [7, 11) is 0. The van der Waals surface area contributed by atoms with Crippen LogP contribution in [0.4, 0.5) is 18.9 Å². The first-order valence-corrected chi connectivity index (χ1v) is 9.49. The van der Waals surface area contributed by atoms with Gasteiger partial charge in [-0.05, 0) is 48.4 Å². The van der Waals surface area contributed by atoms with E-state index in [9.17, 15) is 23.2 Å². The number of nitrogens with one attached hydrogen (secondary N) is 1. The Balaban J connectivity index is 1.92. The normalized spacial score (nSPS) is 15.4. The van der Waals surface area contributed by atoms with E-state index in [1.54, 1.807) is 12.1 Å². The van der Waals surface area contributed by atoms with E-state index in [2.05, 4.69) is 10.5 Å². The van der Waals surface area contributed by atoms with Gasteiger partial charge in [0.15, 0.2) is 5.78 Å². The lowest BCUT2D eigenvalue weighted by molar-refractivity contribution is -0.114. The molecule has 0 unspecified atom stereocenters. The van der Waals surface area contributed by atoms with E-state index in [1.165, 1.54) is 24.3 Å². The monoisotopic (exact) mass is 454 g/mol. The first kappa shape index (κ1) is 21.9. The molecule has 0 fully saturated rings. The van der Waals surface area contributed by atoms with Gasteiger partial charge < -0.3 is 10.5 Å². The Morgan fingerprint density at radius 1 is 1.03 bits per heavy atom. The molecule has 0 amide bonds. The highest BCUT2D eigenvalue weighted by molar-refractivity contribution is 6.35. The van der Waals surface area contributed by atoms with Crippen molar-refractivity contribution in [2.24, 2.45) is 5.16 Å². The zero-order valence-corrected chi connectivity index (χ0v) is 16.8. The summed E-state index contributed by atoms with van der Waals surface area (Å²) >= 11 is 11.7. The van der Waals surface area contributed by atoms with Gasteiger partial charge in [0.2, 0.25) is 0 Å². The van der Waals surface area contributed by atoms with Crippen LogP contribution in [-0.4, -0.2) is 22.9 Å². The third kappa shape index (κ3) is 5.43. The van der Waals surface area contributed by atoms with E-state index < -0.39 is 11.7 Å². The van der Waals surface area contributed by atoms with E-state index in [1.807, 2.05) is 0 Å². The molecule has 0 saturated heterocycles. The van der Waals surface area contributed by atoms with Crippen LogP contribution in [0.1, 0.15) is 24.0 Å². The lowest BCUT2D eigenvalue weighted by Gasteiger charge is -2.14. The number of rotatable bonds is 5. The summed E-state index contributed by atoms with van der Waals surface area (Å²) in [5, 5.41) is 15.5. The number of allylic oxidation sites excluding steroid dienone is 4. The van der Waals surface area contributed by atoms with Crippen molar-refractivity contribution in [3.63, 3.8) is 0 Å². The molecule has 0 spiro atoms. The number of carbonyl (C=O) groups excluding carboxylic acids is 1. The van der Waals surface area contributed by atoms with E-state index in [0.29, 0.717) is 18.5 Å². The van der Waals surface area contributed by atoms with E-state index >= 15 is 0 Å².